The first-order chi connectivity index (χ1) is 3.93. The highest BCUT2D eigenvalue weighted by Gasteiger charge is 2.10. The largest absolute Gasteiger partial charge is 0.394 e. The van der Waals surface area contributed by atoms with E-state index in [2.05, 4.69) is 5.32 Å². The van der Waals surface area contributed by atoms with Crippen LogP contribution in [0.3, 0.4) is 0 Å². The summed E-state index contributed by atoms with van der Waals surface area (Å²) in [6.07, 6.45) is 0.0312. The fourth-order valence-corrected chi connectivity index (χ4v) is 0.737. The molecule has 1 aliphatic heterocycles. The molecule has 0 aromatic rings. The van der Waals surface area contributed by atoms with Gasteiger partial charge in [0.05, 0.1) is 19.3 Å². The van der Waals surface area contributed by atoms with Gasteiger partial charge >= 0.3 is 0 Å². The van der Waals surface area contributed by atoms with Gasteiger partial charge < -0.3 is 15.2 Å². The first-order valence-corrected chi connectivity index (χ1v) is 2.86. The topological polar surface area (TPSA) is 41.5 Å². The summed E-state index contributed by atoms with van der Waals surface area (Å²) >= 11 is 0. The van der Waals surface area contributed by atoms with Crippen LogP contribution in [-0.4, -0.2) is 37.5 Å². The molecular formula is C5H12ClNO2. The summed E-state index contributed by atoms with van der Waals surface area (Å²) in [4.78, 5) is 0. The van der Waals surface area contributed by atoms with E-state index >= 15 is 0 Å². The molecule has 1 rings (SSSR count). The zero-order valence-electron chi connectivity index (χ0n) is 5.17. The number of rotatable bonds is 1. The smallest absolute Gasteiger partial charge is 0.0930 e. The maximum absolute atomic E-state index is 8.53. The van der Waals surface area contributed by atoms with Crippen LogP contribution in [0, 0.1) is 0 Å². The second-order valence-corrected chi connectivity index (χ2v) is 1.88. The SMILES string of the molecule is Cl.OC[C@H]1CNCCO1. The third kappa shape index (κ3) is 3.01. The Labute approximate surface area is 60.8 Å². The highest BCUT2D eigenvalue weighted by molar-refractivity contribution is 5.85. The molecule has 0 aliphatic carbocycles. The molecule has 9 heavy (non-hydrogen) atoms. The van der Waals surface area contributed by atoms with Crippen LogP contribution in [0.2, 0.25) is 0 Å². The molecule has 0 bridgehead atoms. The quantitative estimate of drug-likeness (QED) is 0.528. The molecule has 2 N–H and O–H groups in total. The Hall–Kier alpha value is 0.170. The van der Waals surface area contributed by atoms with Gasteiger partial charge in [-0.15, -0.1) is 12.4 Å². The maximum Gasteiger partial charge on any atom is 0.0930 e. The van der Waals surface area contributed by atoms with Crippen molar-refractivity contribution in [3.8, 4) is 0 Å². The van der Waals surface area contributed by atoms with E-state index in [1.54, 1.807) is 0 Å². The molecule has 1 aliphatic rings. The van der Waals surface area contributed by atoms with Gasteiger partial charge in [0.2, 0.25) is 0 Å². The van der Waals surface area contributed by atoms with Gasteiger partial charge in [-0.25, -0.2) is 0 Å². The van der Waals surface area contributed by atoms with Gasteiger partial charge in [-0.2, -0.15) is 0 Å². The fraction of sp³-hybridized carbons (Fsp3) is 1.00. The van der Waals surface area contributed by atoms with Crippen molar-refractivity contribution < 1.29 is 9.84 Å². The van der Waals surface area contributed by atoms with Crippen LogP contribution in [0.5, 0.6) is 0 Å². The Bertz CT molecular complexity index is 66.0. The minimum Gasteiger partial charge on any atom is -0.394 e. The molecule has 0 aromatic heterocycles. The summed E-state index contributed by atoms with van der Waals surface area (Å²) in [5, 5.41) is 11.6. The van der Waals surface area contributed by atoms with E-state index in [1.807, 2.05) is 0 Å². The number of aliphatic hydroxyl groups is 1. The monoisotopic (exact) mass is 153 g/mol. The number of nitrogens with one attached hydrogen (secondary N) is 1. The van der Waals surface area contributed by atoms with Gasteiger partial charge in [0.15, 0.2) is 0 Å². The Morgan fingerprint density at radius 1 is 1.67 bits per heavy atom. The Morgan fingerprint density at radius 2 is 2.44 bits per heavy atom. The lowest BCUT2D eigenvalue weighted by molar-refractivity contribution is -0.00618. The molecule has 0 saturated carbocycles. The summed E-state index contributed by atoms with van der Waals surface area (Å²) in [7, 11) is 0. The normalized spacial score (nSPS) is 27.0. The zero-order chi connectivity index (χ0) is 5.82. The molecule has 0 amide bonds. The van der Waals surface area contributed by atoms with E-state index in [1.165, 1.54) is 0 Å². The highest BCUT2D eigenvalue weighted by atomic mass is 35.5. The van der Waals surface area contributed by atoms with Gasteiger partial charge in [-0.1, -0.05) is 0 Å². The first-order valence-electron chi connectivity index (χ1n) is 2.86. The molecule has 0 spiro atoms. The Kier molecular flexibility index (Phi) is 5.09. The third-order valence-electron chi connectivity index (χ3n) is 1.21. The van der Waals surface area contributed by atoms with Crippen LogP contribution in [0.4, 0.5) is 0 Å². The van der Waals surface area contributed by atoms with Crippen LogP contribution in [0.15, 0.2) is 0 Å². The number of aliphatic hydroxyl groups excluding tert-OH is 1. The van der Waals surface area contributed by atoms with Crippen molar-refractivity contribution in [3.05, 3.63) is 0 Å². The molecule has 3 nitrogen and oxygen atoms in total. The second kappa shape index (κ2) is 4.99. The molecule has 1 fully saturated rings. The molecule has 0 aromatic carbocycles. The number of halogens is 1. The van der Waals surface area contributed by atoms with E-state index in [4.69, 9.17) is 9.84 Å². The number of hydrogen-bond acceptors (Lipinski definition) is 3. The predicted molar refractivity (Wildman–Crippen MR) is 36.9 cm³/mol. The lowest BCUT2D eigenvalue weighted by Gasteiger charge is -2.21. The van der Waals surface area contributed by atoms with Gasteiger partial charge in [0, 0.05) is 13.1 Å². The second-order valence-electron chi connectivity index (χ2n) is 1.88. The van der Waals surface area contributed by atoms with Crippen molar-refractivity contribution in [1.82, 2.24) is 5.32 Å². The summed E-state index contributed by atoms with van der Waals surface area (Å²) in [5.41, 5.74) is 0. The molecule has 0 unspecified atom stereocenters. The molecule has 56 valence electrons. The van der Waals surface area contributed by atoms with Crippen molar-refractivity contribution >= 4 is 12.4 Å². The van der Waals surface area contributed by atoms with Crippen LogP contribution >= 0.6 is 12.4 Å². The molecule has 1 atom stereocenters. The van der Waals surface area contributed by atoms with Crippen molar-refractivity contribution in [2.45, 2.75) is 6.10 Å². The summed E-state index contributed by atoms with van der Waals surface area (Å²) < 4.78 is 5.11. The molecule has 4 heteroatoms. The van der Waals surface area contributed by atoms with Crippen LogP contribution in [0.1, 0.15) is 0 Å². The van der Waals surface area contributed by atoms with Crippen LogP contribution in [0.25, 0.3) is 0 Å². The molecular weight excluding hydrogens is 142 g/mol. The van der Waals surface area contributed by atoms with Gasteiger partial charge in [0.25, 0.3) is 0 Å². The first kappa shape index (κ1) is 9.17. The van der Waals surface area contributed by atoms with E-state index in [9.17, 15) is 0 Å². The average Bonchev–Trinajstić information content (AvgIpc) is 1.90. The molecule has 1 heterocycles. The van der Waals surface area contributed by atoms with E-state index in [-0.39, 0.29) is 25.1 Å². The Morgan fingerprint density at radius 3 is 2.78 bits per heavy atom. The fourth-order valence-electron chi connectivity index (χ4n) is 0.737. The molecule has 1 saturated heterocycles. The average molecular weight is 154 g/mol. The van der Waals surface area contributed by atoms with Gasteiger partial charge in [0.1, 0.15) is 0 Å². The van der Waals surface area contributed by atoms with Crippen molar-refractivity contribution in [2.75, 3.05) is 26.3 Å². The van der Waals surface area contributed by atoms with Crippen molar-refractivity contribution in [3.63, 3.8) is 0 Å². The number of ether oxygens (including phenoxy) is 1. The number of hydrogen-bond donors (Lipinski definition) is 2. The van der Waals surface area contributed by atoms with E-state index in [0.717, 1.165) is 19.7 Å². The maximum atomic E-state index is 8.53. The lowest BCUT2D eigenvalue weighted by atomic mass is 10.3. The van der Waals surface area contributed by atoms with Crippen molar-refractivity contribution in [1.29, 1.82) is 0 Å². The van der Waals surface area contributed by atoms with Gasteiger partial charge in [-0.05, 0) is 0 Å². The summed E-state index contributed by atoms with van der Waals surface area (Å²) in [6, 6.07) is 0. The van der Waals surface area contributed by atoms with Gasteiger partial charge in [-0.3, -0.25) is 0 Å². The lowest BCUT2D eigenvalue weighted by Crippen LogP contribution is -2.40. The third-order valence-corrected chi connectivity index (χ3v) is 1.21. The zero-order valence-corrected chi connectivity index (χ0v) is 5.99. The van der Waals surface area contributed by atoms with Crippen LogP contribution < -0.4 is 5.32 Å². The standard InChI is InChI=1S/C5H11NO2.ClH/c7-4-5-3-6-1-2-8-5;/h5-7H,1-4H2;1H/t5-;/m1./s1. The summed E-state index contributed by atoms with van der Waals surface area (Å²) in [6.45, 7) is 2.56. The van der Waals surface area contributed by atoms with Crippen LogP contribution in [-0.2, 0) is 4.74 Å². The Balaban J connectivity index is 0.000000640. The minimum absolute atomic E-state index is 0. The minimum atomic E-state index is 0. The predicted octanol–water partition coefficient (Wildman–Crippen LogP) is -0.611. The van der Waals surface area contributed by atoms with Crippen molar-refractivity contribution in [2.24, 2.45) is 0 Å². The highest BCUT2D eigenvalue weighted by Crippen LogP contribution is 1.92. The van der Waals surface area contributed by atoms with E-state index in [0.29, 0.717) is 0 Å². The number of morpholine rings is 1. The summed E-state index contributed by atoms with van der Waals surface area (Å²) in [5.74, 6) is 0. The molecule has 0 radical (unpaired) electrons. The van der Waals surface area contributed by atoms with E-state index < -0.39 is 0 Å².